The van der Waals surface area contributed by atoms with E-state index in [2.05, 4.69) is 0 Å². The average molecular weight is 489 g/mol. The number of carbonyl (C=O) groups excluding carboxylic acids is 3. The van der Waals surface area contributed by atoms with Gasteiger partial charge in [-0.1, -0.05) is 12.5 Å². The Morgan fingerprint density at radius 2 is 1.83 bits per heavy atom. The van der Waals surface area contributed by atoms with Crippen LogP contribution < -0.4 is 0 Å². The first-order valence-corrected chi connectivity index (χ1v) is 12.2. The summed E-state index contributed by atoms with van der Waals surface area (Å²) < 4.78 is 29.4. The molecule has 3 saturated heterocycles. The first-order valence-electron chi connectivity index (χ1n) is 12.2. The van der Waals surface area contributed by atoms with E-state index in [0.717, 1.165) is 22.3 Å². The third-order valence-corrected chi connectivity index (χ3v) is 10.1. The van der Waals surface area contributed by atoms with Crippen LogP contribution in [0.2, 0.25) is 0 Å². The van der Waals surface area contributed by atoms with Crippen molar-refractivity contribution in [2.24, 2.45) is 22.2 Å². The summed E-state index contributed by atoms with van der Waals surface area (Å²) in [5.41, 5.74) is -1.41. The molecule has 2 aliphatic carbocycles. The molecular formula is C26H32O9. The molecule has 1 N–H and O–H groups in total. The van der Waals surface area contributed by atoms with Crippen molar-refractivity contribution in [1.29, 1.82) is 0 Å². The maximum absolute atomic E-state index is 14.1. The molecular weight excluding hydrogens is 456 g/mol. The second kappa shape index (κ2) is 6.36. The minimum atomic E-state index is -2.07. The van der Waals surface area contributed by atoms with E-state index in [-0.39, 0.29) is 18.8 Å². The molecule has 0 unspecified atom stereocenters. The molecule has 4 heterocycles. The van der Waals surface area contributed by atoms with E-state index >= 15 is 0 Å². The molecule has 190 valence electrons. The van der Waals surface area contributed by atoms with Gasteiger partial charge in [-0.2, -0.15) is 0 Å². The summed E-state index contributed by atoms with van der Waals surface area (Å²) in [5.74, 6) is -4.37. The lowest BCUT2D eigenvalue weighted by Gasteiger charge is -2.61. The van der Waals surface area contributed by atoms with E-state index in [4.69, 9.17) is 23.7 Å². The van der Waals surface area contributed by atoms with Crippen LogP contribution in [0.3, 0.4) is 0 Å². The van der Waals surface area contributed by atoms with Gasteiger partial charge in [0.2, 0.25) is 12.1 Å². The van der Waals surface area contributed by atoms with Gasteiger partial charge in [-0.25, -0.2) is 0 Å². The Labute approximate surface area is 203 Å². The van der Waals surface area contributed by atoms with Gasteiger partial charge in [0.15, 0.2) is 0 Å². The quantitative estimate of drug-likeness (QED) is 0.438. The Kier molecular flexibility index (Phi) is 4.21. The first kappa shape index (κ1) is 23.2. The fourth-order valence-electron chi connectivity index (χ4n) is 8.50. The van der Waals surface area contributed by atoms with E-state index in [1.165, 1.54) is 7.11 Å². The van der Waals surface area contributed by atoms with E-state index in [9.17, 15) is 19.5 Å². The number of hydrogen-bond acceptors (Lipinski definition) is 9. The summed E-state index contributed by atoms with van der Waals surface area (Å²) in [4.78, 5) is 40.0. The zero-order chi connectivity index (χ0) is 25.5. The fraction of sp³-hybridized carbons (Fsp3) is 0.731. The van der Waals surface area contributed by atoms with Crippen LogP contribution >= 0.6 is 0 Å². The van der Waals surface area contributed by atoms with E-state index in [1.807, 2.05) is 27.7 Å². The Balaban J connectivity index is 1.73. The van der Waals surface area contributed by atoms with Crippen molar-refractivity contribution in [3.8, 4) is 0 Å². The lowest BCUT2D eigenvalue weighted by atomic mass is 9.40. The highest BCUT2D eigenvalue weighted by Crippen LogP contribution is 2.78. The van der Waals surface area contributed by atoms with Gasteiger partial charge in [0.25, 0.3) is 0 Å². The molecule has 4 fully saturated rings. The Hall–Kier alpha value is -2.23. The zero-order valence-corrected chi connectivity index (χ0v) is 21.1. The number of allylic oxidation sites excluding steroid dienone is 1. The molecule has 9 heteroatoms. The number of hydrogen-bond donors (Lipinski definition) is 1. The van der Waals surface area contributed by atoms with Crippen molar-refractivity contribution in [2.45, 2.75) is 90.7 Å². The van der Waals surface area contributed by atoms with Crippen molar-refractivity contribution in [3.05, 3.63) is 22.3 Å². The van der Waals surface area contributed by atoms with Gasteiger partial charge in [-0.15, -0.1) is 0 Å². The van der Waals surface area contributed by atoms with Crippen molar-refractivity contribution in [2.75, 3.05) is 7.11 Å². The molecule has 6 rings (SSSR count). The highest BCUT2D eigenvalue weighted by molar-refractivity contribution is 5.89. The van der Waals surface area contributed by atoms with Gasteiger partial charge in [-0.05, 0) is 57.8 Å². The minimum absolute atomic E-state index is 0.0963. The second-order valence-corrected chi connectivity index (χ2v) is 11.9. The highest BCUT2D eigenvalue weighted by Gasteiger charge is 2.90. The van der Waals surface area contributed by atoms with Crippen molar-refractivity contribution < 1.29 is 43.2 Å². The van der Waals surface area contributed by atoms with Gasteiger partial charge in [0.1, 0.15) is 17.1 Å². The molecule has 8 atom stereocenters. The maximum Gasteiger partial charge on any atom is 0.319 e. The molecule has 0 aromatic carbocycles. The Morgan fingerprint density at radius 3 is 2.49 bits per heavy atom. The number of ether oxygens (including phenoxy) is 5. The SMILES string of the molecule is COC(=O)[C@]12[C@@H]3[C@H]4OC(=O)[C@]3(C)CC3=C(C)C5=C(C[C@@H](O[C@]1(O)[C@H](C)O4)[C@@]32C)C(C)(C)OC(=O)C5. The Bertz CT molecular complexity index is 1170. The van der Waals surface area contributed by atoms with Crippen molar-refractivity contribution >= 4 is 17.9 Å². The third kappa shape index (κ3) is 2.21. The molecule has 9 nitrogen and oxygen atoms in total. The lowest BCUT2D eigenvalue weighted by Crippen LogP contribution is -2.74. The molecule has 0 amide bonds. The summed E-state index contributed by atoms with van der Waals surface area (Å²) in [6.07, 6.45) is -1.94. The molecule has 0 radical (unpaired) electrons. The second-order valence-electron chi connectivity index (χ2n) is 11.9. The molecule has 0 spiro atoms. The van der Waals surface area contributed by atoms with Crippen molar-refractivity contribution in [3.63, 3.8) is 0 Å². The van der Waals surface area contributed by atoms with Crippen LogP contribution in [-0.4, -0.2) is 60.0 Å². The molecule has 0 bridgehead atoms. The number of rotatable bonds is 1. The number of aliphatic hydroxyl groups is 1. The smallest absolute Gasteiger partial charge is 0.319 e. The minimum Gasteiger partial charge on any atom is -0.468 e. The van der Waals surface area contributed by atoms with Crippen LogP contribution in [0.25, 0.3) is 0 Å². The number of esters is 3. The molecule has 0 aromatic rings. The molecule has 4 aliphatic heterocycles. The number of carbonyl (C=O) groups is 3. The largest absolute Gasteiger partial charge is 0.468 e. The number of methoxy groups -OCH3 is 1. The molecule has 0 aromatic heterocycles. The van der Waals surface area contributed by atoms with Crippen LogP contribution in [0.15, 0.2) is 22.3 Å². The lowest BCUT2D eigenvalue weighted by molar-refractivity contribution is -0.371. The predicted octanol–water partition coefficient (Wildman–Crippen LogP) is 2.31. The average Bonchev–Trinajstić information content (AvgIpc) is 3.10. The van der Waals surface area contributed by atoms with Gasteiger partial charge < -0.3 is 28.8 Å². The normalized spacial score (nSPS) is 49.1. The maximum atomic E-state index is 14.1. The van der Waals surface area contributed by atoms with E-state index < -0.39 is 64.0 Å². The first-order chi connectivity index (χ1) is 16.2. The topological polar surface area (TPSA) is 118 Å². The standard InChI is InChI=1S/C26H32O9/c1-11-13-8-17(27)35-22(3,4)14(13)9-16-24(6)15(11)10-23(5)18-19(33-20(23)28)32-12(2)26(30,34-16)25(18,24)21(29)31-7/h12,16,18-19,30H,8-10H2,1-7H3/t12-,16+,18+,19+,23+,24+,25-,26+/m0/s1. The fourth-order valence-corrected chi connectivity index (χ4v) is 8.50. The predicted molar refractivity (Wildman–Crippen MR) is 118 cm³/mol. The summed E-state index contributed by atoms with van der Waals surface area (Å²) in [5, 5.41) is 12.3. The monoisotopic (exact) mass is 488 g/mol. The van der Waals surface area contributed by atoms with E-state index in [1.54, 1.807) is 13.8 Å². The molecule has 6 aliphatic rings. The van der Waals surface area contributed by atoms with Gasteiger partial charge in [-0.3, -0.25) is 14.4 Å². The molecule has 35 heavy (non-hydrogen) atoms. The highest BCUT2D eigenvalue weighted by atomic mass is 16.7. The van der Waals surface area contributed by atoms with Crippen molar-refractivity contribution in [1.82, 2.24) is 0 Å². The van der Waals surface area contributed by atoms with Crippen LogP contribution in [0.5, 0.6) is 0 Å². The molecule has 1 saturated carbocycles. The van der Waals surface area contributed by atoms with E-state index in [0.29, 0.717) is 6.42 Å². The van der Waals surface area contributed by atoms with Crippen LogP contribution in [0.4, 0.5) is 0 Å². The number of cyclic esters (lactones) is 1. The third-order valence-electron chi connectivity index (χ3n) is 10.1. The summed E-state index contributed by atoms with van der Waals surface area (Å²) in [6, 6.07) is 0. The van der Waals surface area contributed by atoms with Gasteiger partial charge in [0, 0.05) is 11.8 Å². The zero-order valence-electron chi connectivity index (χ0n) is 21.1. The van der Waals surface area contributed by atoms with Crippen LogP contribution in [-0.2, 0) is 38.1 Å². The summed E-state index contributed by atoms with van der Waals surface area (Å²) in [6.45, 7) is 10.9. The van der Waals surface area contributed by atoms with Crippen LogP contribution in [0, 0.1) is 22.2 Å². The van der Waals surface area contributed by atoms with Gasteiger partial charge >= 0.3 is 17.9 Å². The van der Waals surface area contributed by atoms with Crippen LogP contribution in [0.1, 0.15) is 60.8 Å². The Morgan fingerprint density at radius 1 is 1.14 bits per heavy atom. The van der Waals surface area contributed by atoms with Gasteiger partial charge in [0.05, 0.1) is 31.0 Å². The summed E-state index contributed by atoms with van der Waals surface area (Å²) >= 11 is 0. The summed E-state index contributed by atoms with van der Waals surface area (Å²) in [7, 11) is 1.28.